The molecule has 1 aromatic carbocycles. The number of rotatable bonds is 15. The van der Waals surface area contributed by atoms with Crippen LogP contribution in [0.3, 0.4) is 0 Å². The lowest BCUT2D eigenvalue weighted by Gasteiger charge is -2.12. The van der Waals surface area contributed by atoms with Crippen molar-refractivity contribution >= 4 is 10.9 Å². The van der Waals surface area contributed by atoms with Crippen molar-refractivity contribution in [3.63, 3.8) is 0 Å². The van der Waals surface area contributed by atoms with Crippen LogP contribution in [0.2, 0.25) is 0 Å². The minimum Gasteiger partial charge on any atom is -0.491 e. The smallest absolute Gasteiger partial charge is 0.280 e. The van der Waals surface area contributed by atoms with Crippen molar-refractivity contribution in [3.05, 3.63) is 22.2 Å². The van der Waals surface area contributed by atoms with E-state index in [9.17, 15) is 4.79 Å². The topological polar surface area (TPSA) is 88.6 Å². The third-order valence-electron chi connectivity index (χ3n) is 6.27. The fourth-order valence-corrected chi connectivity index (χ4v) is 4.37. The molecule has 2 aromatic rings. The summed E-state index contributed by atoms with van der Waals surface area (Å²) in [6.45, 7) is 2.37. The molecule has 0 unspecified atom stereocenters. The zero-order valence-electron chi connectivity index (χ0n) is 19.8. The van der Waals surface area contributed by atoms with E-state index in [0.717, 1.165) is 17.5 Å². The van der Waals surface area contributed by atoms with Crippen LogP contribution >= 0.6 is 0 Å². The second-order valence-corrected chi connectivity index (χ2v) is 8.74. The molecule has 0 fully saturated rings. The number of nitrogen functional groups attached to an aromatic ring is 1. The van der Waals surface area contributed by atoms with E-state index >= 15 is 0 Å². The Hall–Kier alpha value is -2.44. The summed E-state index contributed by atoms with van der Waals surface area (Å²) in [4.78, 5) is 17.5. The fraction of sp³-hybridized carbons (Fsp3) is 0.680. The molecular formula is C25H39N3O4. The molecule has 0 saturated carbocycles. The molecule has 1 aromatic heterocycles. The largest absolute Gasteiger partial charge is 0.491 e. The molecular weight excluding hydrogens is 406 g/mol. The molecule has 0 radical (unpaired) electrons. The van der Waals surface area contributed by atoms with Crippen molar-refractivity contribution < 1.29 is 14.2 Å². The molecule has 0 atom stereocenters. The Kier molecular flexibility index (Phi) is 9.50. The lowest BCUT2D eigenvalue weighted by molar-refractivity contribution is 0.171. The Morgan fingerprint density at radius 2 is 1.56 bits per heavy atom. The molecule has 178 valence electrons. The van der Waals surface area contributed by atoms with Gasteiger partial charge in [0.2, 0.25) is 12.5 Å². The molecule has 0 amide bonds. The SMILES string of the molecule is CCCCCCCCCCCCCCCc1nc2c(OC)c3c(cc2c(=O)n1N)OCO3. The standard InChI is InChI=1S/C25H39N3O4/c1-3-4-5-6-7-8-9-10-11-12-13-14-15-16-21-27-22-19(25(29)28(21)26)17-20-23(24(22)30-2)32-18-31-20/h17H,3-16,18,26H2,1-2H3. The molecule has 32 heavy (non-hydrogen) atoms. The summed E-state index contributed by atoms with van der Waals surface area (Å²) in [6, 6.07) is 1.63. The predicted molar refractivity (Wildman–Crippen MR) is 128 cm³/mol. The quantitative estimate of drug-likeness (QED) is 0.288. The van der Waals surface area contributed by atoms with Crippen molar-refractivity contribution in [2.45, 2.75) is 96.8 Å². The molecule has 2 heterocycles. The molecule has 0 aliphatic carbocycles. The normalized spacial score (nSPS) is 12.6. The Bertz CT molecular complexity index is 926. The second kappa shape index (κ2) is 12.6. The Morgan fingerprint density at radius 3 is 2.16 bits per heavy atom. The lowest BCUT2D eigenvalue weighted by Crippen LogP contribution is -2.31. The zero-order valence-corrected chi connectivity index (χ0v) is 19.8. The number of aryl methyl sites for hydroxylation is 1. The monoisotopic (exact) mass is 445 g/mol. The van der Waals surface area contributed by atoms with Crippen molar-refractivity contribution in [1.29, 1.82) is 0 Å². The molecule has 0 spiro atoms. The third-order valence-corrected chi connectivity index (χ3v) is 6.27. The molecule has 0 saturated heterocycles. The summed E-state index contributed by atoms with van der Waals surface area (Å²) in [7, 11) is 1.54. The van der Waals surface area contributed by atoms with Crippen LogP contribution in [0.15, 0.2) is 10.9 Å². The van der Waals surface area contributed by atoms with E-state index < -0.39 is 0 Å². The van der Waals surface area contributed by atoms with E-state index in [4.69, 9.17) is 20.1 Å². The molecule has 1 aliphatic heterocycles. The van der Waals surface area contributed by atoms with Crippen molar-refractivity contribution in [1.82, 2.24) is 9.66 Å². The van der Waals surface area contributed by atoms with Crippen molar-refractivity contribution in [2.75, 3.05) is 19.7 Å². The van der Waals surface area contributed by atoms with E-state index in [1.165, 1.54) is 70.6 Å². The average molecular weight is 446 g/mol. The van der Waals surface area contributed by atoms with Crippen LogP contribution in [0, 0.1) is 0 Å². The van der Waals surface area contributed by atoms with Gasteiger partial charge in [-0.15, -0.1) is 0 Å². The van der Waals surface area contributed by atoms with E-state index in [-0.39, 0.29) is 12.4 Å². The van der Waals surface area contributed by atoms with Gasteiger partial charge < -0.3 is 20.1 Å². The molecule has 2 N–H and O–H groups in total. The van der Waals surface area contributed by atoms with Crippen LogP contribution in [-0.2, 0) is 6.42 Å². The van der Waals surface area contributed by atoms with Crippen LogP contribution in [0.4, 0.5) is 0 Å². The highest BCUT2D eigenvalue weighted by Gasteiger charge is 2.25. The van der Waals surface area contributed by atoms with Gasteiger partial charge in [0.05, 0.1) is 12.5 Å². The number of unbranched alkanes of at least 4 members (excludes halogenated alkanes) is 12. The number of aromatic nitrogens is 2. The van der Waals surface area contributed by atoms with Crippen LogP contribution in [0.5, 0.6) is 17.2 Å². The number of nitrogens with two attached hydrogens (primary N) is 1. The summed E-state index contributed by atoms with van der Waals surface area (Å²) >= 11 is 0. The Labute approximate surface area is 191 Å². The van der Waals surface area contributed by atoms with Gasteiger partial charge >= 0.3 is 0 Å². The minimum atomic E-state index is -0.295. The first kappa shape index (κ1) is 24.2. The molecule has 3 rings (SSSR count). The third kappa shape index (κ3) is 6.08. The van der Waals surface area contributed by atoms with E-state index in [2.05, 4.69) is 11.9 Å². The summed E-state index contributed by atoms with van der Waals surface area (Å²) in [6.07, 6.45) is 17.5. The fourth-order valence-electron chi connectivity index (χ4n) is 4.37. The van der Waals surface area contributed by atoms with Gasteiger partial charge in [-0.25, -0.2) is 9.66 Å². The maximum Gasteiger partial charge on any atom is 0.280 e. The first-order chi connectivity index (χ1) is 15.7. The molecule has 0 bridgehead atoms. The molecule has 7 heteroatoms. The molecule has 7 nitrogen and oxygen atoms in total. The predicted octanol–water partition coefficient (Wildman–Crippen LogP) is 5.48. The van der Waals surface area contributed by atoms with Gasteiger partial charge in [0.15, 0.2) is 11.5 Å². The van der Waals surface area contributed by atoms with Gasteiger partial charge in [0.1, 0.15) is 11.3 Å². The molecule has 1 aliphatic rings. The number of methoxy groups -OCH3 is 1. The van der Waals surface area contributed by atoms with E-state index in [0.29, 0.717) is 40.4 Å². The van der Waals surface area contributed by atoms with Crippen molar-refractivity contribution in [2.24, 2.45) is 0 Å². The number of hydrogen-bond acceptors (Lipinski definition) is 6. The van der Waals surface area contributed by atoms with Crippen LogP contribution in [0.25, 0.3) is 10.9 Å². The zero-order chi connectivity index (χ0) is 22.8. The van der Waals surface area contributed by atoms with Gasteiger partial charge in [-0.05, 0) is 12.5 Å². The second-order valence-electron chi connectivity index (χ2n) is 8.74. The van der Waals surface area contributed by atoms with Gasteiger partial charge in [0.25, 0.3) is 5.56 Å². The van der Waals surface area contributed by atoms with Gasteiger partial charge in [-0.3, -0.25) is 4.79 Å². The average Bonchev–Trinajstić information content (AvgIpc) is 3.27. The first-order valence-electron chi connectivity index (χ1n) is 12.3. The highest BCUT2D eigenvalue weighted by molar-refractivity contribution is 5.89. The maximum absolute atomic E-state index is 12.8. The number of benzene rings is 1. The highest BCUT2D eigenvalue weighted by atomic mass is 16.7. The van der Waals surface area contributed by atoms with Crippen LogP contribution in [0.1, 0.15) is 96.2 Å². The van der Waals surface area contributed by atoms with Gasteiger partial charge in [0, 0.05) is 6.42 Å². The van der Waals surface area contributed by atoms with E-state index in [1.807, 2.05) is 0 Å². The minimum absolute atomic E-state index is 0.102. The van der Waals surface area contributed by atoms with Gasteiger partial charge in [-0.1, -0.05) is 84.0 Å². The number of ether oxygens (including phenoxy) is 3. The summed E-state index contributed by atoms with van der Waals surface area (Å²) in [5.41, 5.74) is 0.185. The summed E-state index contributed by atoms with van der Waals surface area (Å²) in [5.74, 6) is 8.04. The first-order valence-corrected chi connectivity index (χ1v) is 12.3. The van der Waals surface area contributed by atoms with Crippen LogP contribution < -0.4 is 25.6 Å². The lowest BCUT2D eigenvalue weighted by atomic mass is 10.0. The summed E-state index contributed by atoms with van der Waals surface area (Å²) in [5, 5.41) is 0.378. The van der Waals surface area contributed by atoms with Gasteiger partial charge in [-0.2, -0.15) is 0 Å². The van der Waals surface area contributed by atoms with Crippen molar-refractivity contribution in [3.8, 4) is 17.2 Å². The van der Waals surface area contributed by atoms with E-state index in [1.54, 1.807) is 13.2 Å². The Morgan fingerprint density at radius 1 is 0.969 bits per heavy atom. The number of nitrogens with zero attached hydrogens (tertiary/aromatic N) is 2. The number of fused-ring (bicyclic) bond motifs is 2. The van der Waals surface area contributed by atoms with Crippen LogP contribution in [-0.4, -0.2) is 23.6 Å². The Balaban J connectivity index is 1.43. The number of hydrogen-bond donors (Lipinski definition) is 1. The highest BCUT2D eigenvalue weighted by Crippen LogP contribution is 2.44. The summed E-state index contributed by atoms with van der Waals surface area (Å²) < 4.78 is 17.5. The maximum atomic E-state index is 12.8.